The van der Waals surface area contributed by atoms with Crippen molar-refractivity contribution >= 4 is 35.6 Å². The van der Waals surface area contributed by atoms with E-state index in [0.29, 0.717) is 11.1 Å². The molecule has 0 aromatic heterocycles. The van der Waals surface area contributed by atoms with Crippen molar-refractivity contribution in [2.24, 2.45) is 11.5 Å². The summed E-state index contributed by atoms with van der Waals surface area (Å²) in [5.41, 5.74) is 11.6. The fourth-order valence-corrected chi connectivity index (χ4v) is 6.38. The highest BCUT2D eigenvalue weighted by Gasteiger charge is 2.28. The van der Waals surface area contributed by atoms with Crippen LogP contribution in [0.15, 0.2) is 105 Å². The molecule has 0 radical (unpaired) electrons. The Labute approximate surface area is 219 Å². The van der Waals surface area contributed by atoms with E-state index in [9.17, 15) is 29.8 Å². The molecule has 3 aromatic rings. The molecule has 0 amide bonds. The second kappa shape index (κ2) is 9.74. The van der Waals surface area contributed by atoms with E-state index < -0.39 is 56.2 Å². The van der Waals surface area contributed by atoms with Gasteiger partial charge in [-0.1, -0.05) is 30.4 Å². The van der Waals surface area contributed by atoms with Gasteiger partial charge >= 0.3 is 0 Å². The number of hydrogen-bond donors (Lipinski definition) is 4. The third-order valence-electron chi connectivity index (χ3n) is 5.59. The lowest BCUT2D eigenvalue weighted by Crippen LogP contribution is -2.47. The third-order valence-corrected chi connectivity index (χ3v) is 9.14. The van der Waals surface area contributed by atoms with E-state index in [2.05, 4.69) is 0 Å². The van der Waals surface area contributed by atoms with Crippen LogP contribution in [0.5, 0.6) is 11.5 Å². The second-order valence-electron chi connectivity index (χ2n) is 8.44. The van der Waals surface area contributed by atoms with Gasteiger partial charge in [-0.05, 0) is 60.2 Å². The zero-order chi connectivity index (χ0) is 27.9. The molecule has 4 rings (SSSR count). The van der Waals surface area contributed by atoms with Crippen molar-refractivity contribution < 1.29 is 39.1 Å². The van der Waals surface area contributed by atoms with E-state index in [1.807, 2.05) is 0 Å². The van der Waals surface area contributed by atoms with Crippen LogP contribution in [0.1, 0.15) is 12.0 Å². The second-order valence-corrected chi connectivity index (χ2v) is 13.2. The summed E-state index contributed by atoms with van der Waals surface area (Å²) in [7, 11) is -13.7. The Kier molecular flexibility index (Phi) is 7.09. The monoisotopic (exact) mass is 578 g/mol. The van der Waals surface area contributed by atoms with E-state index in [4.69, 9.17) is 20.8 Å². The molecule has 14 heteroatoms. The highest BCUT2D eigenvalue weighted by atomic mass is 32.2. The first-order chi connectivity index (χ1) is 17.6. The number of sulfone groups is 1. The van der Waals surface area contributed by atoms with Gasteiger partial charge in [-0.2, -0.15) is 16.8 Å². The van der Waals surface area contributed by atoms with Crippen LogP contribution in [0.25, 0.3) is 5.57 Å². The van der Waals surface area contributed by atoms with Gasteiger partial charge in [-0.3, -0.25) is 9.11 Å². The minimum Gasteiger partial charge on any atom is -0.456 e. The zero-order valence-corrected chi connectivity index (χ0v) is 21.9. The topological polar surface area (TPSA) is 204 Å². The van der Waals surface area contributed by atoms with Crippen LogP contribution in [0.3, 0.4) is 0 Å². The molecule has 0 bridgehead atoms. The molecule has 1 aliphatic rings. The Morgan fingerprint density at radius 3 is 1.97 bits per heavy atom. The normalized spacial score (nSPS) is 15.6. The highest BCUT2D eigenvalue weighted by molar-refractivity contribution is 7.91. The molecule has 0 atom stereocenters. The van der Waals surface area contributed by atoms with E-state index in [1.165, 1.54) is 12.1 Å². The van der Waals surface area contributed by atoms with Crippen LogP contribution < -0.4 is 16.2 Å². The van der Waals surface area contributed by atoms with Crippen LogP contribution >= 0.6 is 0 Å². The van der Waals surface area contributed by atoms with Crippen molar-refractivity contribution in [1.82, 2.24) is 0 Å². The van der Waals surface area contributed by atoms with Crippen LogP contribution in [0, 0.1) is 0 Å². The molecule has 0 heterocycles. The lowest BCUT2D eigenvalue weighted by Gasteiger charge is -2.23. The Balaban J connectivity index is 1.76. The van der Waals surface area contributed by atoms with E-state index in [-0.39, 0.29) is 17.1 Å². The quantitative estimate of drug-likeness (QED) is 0.237. The van der Waals surface area contributed by atoms with Gasteiger partial charge < -0.3 is 16.2 Å². The summed E-state index contributed by atoms with van der Waals surface area (Å²) in [4.78, 5) is -1.80. The van der Waals surface area contributed by atoms with Crippen molar-refractivity contribution in [3.05, 3.63) is 90.5 Å². The minimum atomic E-state index is -4.97. The predicted octanol–water partition coefficient (Wildman–Crippen LogP) is 2.76. The summed E-state index contributed by atoms with van der Waals surface area (Å²) in [6.07, 6.45) is 5.11. The standard InChI is InChI=1S/C24H22N2O9S3/c25-24(26)13-11-16(12-14-24)20-3-1-2-4-22(20)36(27,28)19-9-10-21(23(15-19)38(32,33)34)35-17-5-7-18(8-6-17)37(29,30)31/h1-13,15H,14,25-26H2,(H,29,30,31)(H,32,33,34). The summed E-state index contributed by atoms with van der Waals surface area (Å²) >= 11 is 0. The smallest absolute Gasteiger partial charge is 0.298 e. The molecule has 3 aromatic carbocycles. The van der Waals surface area contributed by atoms with Crippen molar-refractivity contribution in [3.63, 3.8) is 0 Å². The largest absolute Gasteiger partial charge is 0.456 e. The molecule has 0 spiro atoms. The molecule has 0 fully saturated rings. The van der Waals surface area contributed by atoms with Gasteiger partial charge in [0, 0.05) is 12.0 Å². The number of rotatable bonds is 7. The SMILES string of the molecule is NC1(N)C=CC(c2ccccc2S(=O)(=O)c2ccc(Oc3ccc(S(=O)(=O)O)cc3)c(S(=O)(=O)O)c2)=CC1. The van der Waals surface area contributed by atoms with Gasteiger partial charge in [0.05, 0.1) is 20.3 Å². The summed E-state index contributed by atoms with van der Waals surface area (Å²) in [5.74, 6) is -0.463. The highest BCUT2D eigenvalue weighted by Crippen LogP contribution is 2.36. The maximum atomic E-state index is 13.6. The van der Waals surface area contributed by atoms with Crippen molar-refractivity contribution in [2.45, 2.75) is 31.7 Å². The van der Waals surface area contributed by atoms with Gasteiger partial charge in [0.25, 0.3) is 20.2 Å². The Bertz CT molecular complexity index is 1790. The van der Waals surface area contributed by atoms with E-state index in [0.717, 1.165) is 42.5 Å². The first-order valence-corrected chi connectivity index (χ1v) is 15.1. The average molecular weight is 579 g/mol. The summed E-state index contributed by atoms with van der Waals surface area (Å²) in [6.45, 7) is 0. The lowest BCUT2D eigenvalue weighted by molar-refractivity contribution is 0.449. The van der Waals surface area contributed by atoms with Crippen LogP contribution in [0.2, 0.25) is 0 Å². The third kappa shape index (κ3) is 5.86. The fraction of sp³-hybridized carbons (Fsp3) is 0.0833. The van der Waals surface area contributed by atoms with Crippen LogP contribution in [-0.2, 0) is 30.1 Å². The Morgan fingerprint density at radius 2 is 1.39 bits per heavy atom. The molecule has 200 valence electrons. The first-order valence-electron chi connectivity index (χ1n) is 10.8. The average Bonchev–Trinajstić information content (AvgIpc) is 2.83. The number of hydrogen-bond acceptors (Lipinski definition) is 9. The molecule has 0 unspecified atom stereocenters. The van der Waals surface area contributed by atoms with Crippen LogP contribution in [0.4, 0.5) is 0 Å². The minimum absolute atomic E-state index is 0.0461. The molecule has 38 heavy (non-hydrogen) atoms. The maximum Gasteiger partial charge on any atom is 0.298 e. The van der Waals surface area contributed by atoms with Crippen LogP contribution in [-0.4, -0.2) is 40.0 Å². The van der Waals surface area contributed by atoms with Gasteiger partial charge in [0.1, 0.15) is 16.4 Å². The summed E-state index contributed by atoms with van der Waals surface area (Å²) < 4.78 is 98.3. The van der Waals surface area contributed by atoms with Gasteiger partial charge in [-0.25, -0.2) is 8.42 Å². The molecule has 11 nitrogen and oxygen atoms in total. The lowest BCUT2D eigenvalue weighted by atomic mass is 9.94. The molecule has 1 aliphatic carbocycles. The maximum absolute atomic E-state index is 13.6. The van der Waals surface area contributed by atoms with Gasteiger partial charge in [0.2, 0.25) is 9.84 Å². The summed E-state index contributed by atoms with van der Waals surface area (Å²) in [6, 6.07) is 13.3. The number of allylic oxidation sites excluding steroid dienone is 2. The van der Waals surface area contributed by atoms with Crippen molar-refractivity contribution in [1.29, 1.82) is 0 Å². The Morgan fingerprint density at radius 1 is 0.763 bits per heavy atom. The molecule has 6 N–H and O–H groups in total. The van der Waals surface area contributed by atoms with E-state index >= 15 is 0 Å². The molecule has 0 saturated heterocycles. The molecule has 0 aliphatic heterocycles. The Hall–Kier alpha value is -3.37. The van der Waals surface area contributed by atoms with Gasteiger partial charge in [0.15, 0.2) is 0 Å². The van der Waals surface area contributed by atoms with Crippen molar-refractivity contribution in [3.8, 4) is 11.5 Å². The predicted molar refractivity (Wildman–Crippen MR) is 137 cm³/mol. The molecular formula is C24H22N2O9S3. The van der Waals surface area contributed by atoms with E-state index in [1.54, 1.807) is 30.4 Å². The summed E-state index contributed by atoms with van der Waals surface area (Å²) in [5, 5.41) is 0. The fourth-order valence-electron chi connectivity index (χ4n) is 3.68. The number of ether oxygens (including phenoxy) is 1. The van der Waals surface area contributed by atoms with Gasteiger partial charge in [-0.15, -0.1) is 0 Å². The zero-order valence-electron chi connectivity index (χ0n) is 19.4. The number of nitrogens with two attached hydrogens (primary N) is 2. The number of benzene rings is 3. The first kappa shape index (κ1) is 27.7. The molecule has 0 saturated carbocycles. The van der Waals surface area contributed by atoms with Crippen molar-refractivity contribution in [2.75, 3.05) is 0 Å². The molecular weight excluding hydrogens is 556 g/mol.